The zero-order valence-electron chi connectivity index (χ0n) is 21.1. The van der Waals surface area contributed by atoms with Crippen LogP contribution in [0.1, 0.15) is 58.6 Å². The maximum Gasteiger partial charge on any atom is 0.313 e. The van der Waals surface area contributed by atoms with Gasteiger partial charge in [-0.15, -0.1) is 0 Å². The average Bonchev–Trinajstić information content (AvgIpc) is 3.45. The maximum atomic E-state index is 13.4. The van der Waals surface area contributed by atoms with Gasteiger partial charge in [0.2, 0.25) is 0 Å². The van der Waals surface area contributed by atoms with Gasteiger partial charge in [0.1, 0.15) is 18.1 Å². The molecule has 4 aliphatic rings. The standard InChI is InChI=1S/C26H30O11/c1-12(27)34-17-9-18-25(4)16(5-7-26(18)11-33-24(31)19(26)21(17)35-13(2)28)23(30)37-20(15-6-8-32-10-15)22(25)36-14(3)29/h6,8,10,16-22H,5,7,9,11H2,1-4H3/t16-,17+,18-,19+,20+,21+,22+,25+,26+/m1/s1. The Bertz CT molecular complexity index is 1130. The number of hydrogen-bond donors (Lipinski definition) is 0. The number of hydrogen-bond acceptors (Lipinski definition) is 11. The largest absolute Gasteiger partial charge is 0.472 e. The van der Waals surface area contributed by atoms with Crippen LogP contribution in [0, 0.1) is 28.6 Å². The summed E-state index contributed by atoms with van der Waals surface area (Å²) in [6.07, 6.45) is -0.0767. The van der Waals surface area contributed by atoms with Crippen LogP contribution >= 0.6 is 0 Å². The number of rotatable bonds is 4. The Morgan fingerprint density at radius 2 is 1.70 bits per heavy atom. The molecular weight excluding hydrogens is 488 g/mol. The van der Waals surface area contributed by atoms with Crippen LogP contribution in [0.4, 0.5) is 0 Å². The van der Waals surface area contributed by atoms with E-state index in [1.165, 1.54) is 33.3 Å². The summed E-state index contributed by atoms with van der Waals surface area (Å²) in [7, 11) is 0. The van der Waals surface area contributed by atoms with Crippen LogP contribution in [-0.2, 0) is 47.7 Å². The highest BCUT2D eigenvalue weighted by atomic mass is 16.6. The van der Waals surface area contributed by atoms with Crippen molar-refractivity contribution in [2.45, 2.75) is 71.4 Å². The van der Waals surface area contributed by atoms with Gasteiger partial charge in [-0.1, -0.05) is 6.92 Å². The smallest absolute Gasteiger partial charge is 0.313 e. The van der Waals surface area contributed by atoms with Crippen molar-refractivity contribution in [3.8, 4) is 0 Å². The van der Waals surface area contributed by atoms with Crippen molar-refractivity contribution in [2.75, 3.05) is 6.61 Å². The van der Waals surface area contributed by atoms with Crippen LogP contribution in [0.15, 0.2) is 23.0 Å². The Labute approximate surface area is 213 Å². The third kappa shape index (κ3) is 3.81. The predicted molar refractivity (Wildman–Crippen MR) is 120 cm³/mol. The molecule has 0 bridgehead atoms. The summed E-state index contributed by atoms with van der Waals surface area (Å²) >= 11 is 0. The summed E-state index contributed by atoms with van der Waals surface area (Å²) < 4.78 is 33.7. The molecule has 37 heavy (non-hydrogen) atoms. The van der Waals surface area contributed by atoms with Crippen molar-refractivity contribution in [3.05, 3.63) is 24.2 Å². The molecular formula is C26H30O11. The molecule has 2 aliphatic heterocycles. The first-order chi connectivity index (χ1) is 17.5. The lowest BCUT2D eigenvalue weighted by Gasteiger charge is -2.63. The second-order valence-electron chi connectivity index (χ2n) is 10.7. The number of esters is 5. The third-order valence-electron chi connectivity index (χ3n) is 8.81. The number of furan rings is 1. The van der Waals surface area contributed by atoms with Gasteiger partial charge in [-0.05, 0) is 31.2 Å². The zero-order valence-corrected chi connectivity index (χ0v) is 21.1. The molecule has 11 heteroatoms. The third-order valence-corrected chi connectivity index (χ3v) is 8.81. The summed E-state index contributed by atoms with van der Waals surface area (Å²) in [5.74, 6) is -4.84. The monoisotopic (exact) mass is 518 g/mol. The molecule has 1 aromatic rings. The zero-order chi connectivity index (χ0) is 26.7. The van der Waals surface area contributed by atoms with Crippen molar-refractivity contribution in [1.82, 2.24) is 0 Å². The van der Waals surface area contributed by atoms with E-state index in [2.05, 4.69) is 0 Å². The van der Waals surface area contributed by atoms with Gasteiger partial charge in [-0.2, -0.15) is 0 Å². The quantitative estimate of drug-likeness (QED) is 0.427. The summed E-state index contributed by atoms with van der Waals surface area (Å²) in [6, 6.07) is 1.64. The number of carbonyl (C=O) groups is 5. The number of carbonyl (C=O) groups excluding carboxylic acids is 5. The van der Waals surface area contributed by atoms with Crippen molar-refractivity contribution >= 4 is 29.8 Å². The van der Waals surface area contributed by atoms with E-state index in [0.717, 1.165) is 0 Å². The molecule has 2 aliphatic carbocycles. The molecule has 11 nitrogen and oxygen atoms in total. The van der Waals surface area contributed by atoms with E-state index in [1.54, 1.807) is 6.07 Å². The van der Waals surface area contributed by atoms with Crippen LogP contribution in [0.2, 0.25) is 0 Å². The lowest BCUT2D eigenvalue weighted by molar-refractivity contribution is -0.260. The lowest BCUT2D eigenvalue weighted by Crippen LogP contribution is -2.68. The molecule has 0 unspecified atom stereocenters. The van der Waals surface area contributed by atoms with E-state index >= 15 is 0 Å². The second kappa shape index (κ2) is 8.88. The number of ether oxygens (including phenoxy) is 5. The molecule has 0 amide bonds. The van der Waals surface area contributed by atoms with E-state index in [4.69, 9.17) is 28.1 Å². The van der Waals surface area contributed by atoms with Gasteiger partial charge in [-0.25, -0.2) is 0 Å². The molecule has 0 N–H and O–H groups in total. The van der Waals surface area contributed by atoms with Crippen molar-refractivity contribution in [3.63, 3.8) is 0 Å². The van der Waals surface area contributed by atoms with Gasteiger partial charge in [0.25, 0.3) is 0 Å². The minimum absolute atomic E-state index is 0.0479. The Morgan fingerprint density at radius 1 is 1.00 bits per heavy atom. The van der Waals surface area contributed by atoms with Gasteiger partial charge in [0, 0.05) is 37.2 Å². The minimum Gasteiger partial charge on any atom is -0.472 e. The fourth-order valence-electron chi connectivity index (χ4n) is 7.53. The van der Waals surface area contributed by atoms with Gasteiger partial charge >= 0.3 is 29.8 Å². The normalized spacial score (nSPS) is 40.3. The molecule has 2 saturated heterocycles. The highest BCUT2D eigenvalue weighted by molar-refractivity contribution is 5.80. The Balaban J connectivity index is 1.67. The first-order valence-electron chi connectivity index (χ1n) is 12.4. The highest BCUT2D eigenvalue weighted by Gasteiger charge is 2.74. The summed E-state index contributed by atoms with van der Waals surface area (Å²) in [5, 5.41) is 0. The molecule has 4 fully saturated rings. The van der Waals surface area contributed by atoms with Crippen LogP contribution < -0.4 is 0 Å². The molecule has 0 radical (unpaired) electrons. The van der Waals surface area contributed by atoms with Gasteiger partial charge in [-0.3, -0.25) is 24.0 Å². The molecule has 200 valence electrons. The summed E-state index contributed by atoms with van der Waals surface area (Å²) in [6.45, 7) is 5.66. The van der Waals surface area contributed by atoms with Crippen LogP contribution in [0.3, 0.4) is 0 Å². The Hall–Kier alpha value is -3.37. The first-order valence-corrected chi connectivity index (χ1v) is 12.4. The van der Waals surface area contributed by atoms with Crippen molar-refractivity contribution in [2.24, 2.45) is 28.6 Å². The molecule has 9 atom stereocenters. The number of cyclic esters (lactones) is 2. The van der Waals surface area contributed by atoms with Crippen LogP contribution in [0.5, 0.6) is 0 Å². The summed E-state index contributed by atoms with van der Waals surface area (Å²) in [4.78, 5) is 63.1. The topological polar surface area (TPSA) is 145 Å². The molecule has 3 heterocycles. The summed E-state index contributed by atoms with van der Waals surface area (Å²) in [5.41, 5.74) is -1.34. The lowest BCUT2D eigenvalue weighted by atomic mass is 9.42. The van der Waals surface area contributed by atoms with Gasteiger partial charge in [0.05, 0.1) is 25.1 Å². The predicted octanol–water partition coefficient (Wildman–Crippen LogP) is 2.27. The molecule has 0 aromatic carbocycles. The highest BCUT2D eigenvalue weighted by Crippen LogP contribution is 2.68. The van der Waals surface area contributed by atoms with Crippen LogP contribution in [-0.4, -0.2) is 54.8 Å². The van der Waals surface area contributed by atoms with E-state index in [1.807, 2.05) is 6.92 Å². The fourth-order valence-corrected chi connectivity index (χ4v) is 7.53. The van der Waals surface area contributed by atoms with Crippen molar-refractivity contribution < 1.29 is 52.1 Å². The minimum atomic E-state index is -1.04. The molecule has 2 saturated carbocycles. The van der Waals surface area contributed by atoms with Crippen molar-refractivity contribution in [1.29, 1.82) is 0 Å². The van der Waals surface area contributed by atoms with Crippen LogP contribution in [0.25, 0.3) is 0 Å². The van der Waals surface area contributed by atoms with E-state index < -0.39 is 82.8 Å². The Kier molecular flexibility index (Phi) is 6.07. The maximum absolute atomic E-state index is 13.4. The van der Waals surface area contributed by atoms with E-state index in [9.17, 15) is 24.0 Å². The van der Waals surface area contributed by atoms with E-state index in [0.29, 0.717) is 18.4 Å². The SMILES string of the molecule is CC(=O)O[C@H]1[C@@H](OC(C)=O)C[C@H]2[C@]3(CC[C@@H]4C(=O)O[C@@H](c5ccoc5)[C@H](OC(C)=O)[C@@]42C)COC(=O)[C@H]13. The van der Waals surface area contributed by atoms with Gasteiger partial charge in [0.15, 0.2) is 12.2 Å². The molecule has 1 aromatic heterocycles. The van der Waals surface area contributed by atoms with Gasteiger partial charge < -0.3 is 28.1 Å². The Morgan fingerprint density at radius 3 is 2.32 bits per heavy atom. The number of fused-ring (bicyclic) bond motifs is 2. The second-order valence-corrected chi connectivity index (χ2v) is 10.7. The average molecular weight is 519 g/mol. The molecule has 1 spiro atoms. The fraction of sp³-hybridized carbons (Fsp3) is 0.654. The first kappa shape index (κ1) is 25.3. The van der Waals surface area contributed by atoms with E-state index in [-0.39, 0.29) is 13.0 Å². The molecule has 5 rings (SSSR count).